The molecule has 10 rings (SSSR count). The normalized spacial score (nSPS) is 11.2. The van der Waals surface area contributed by atoms with Gasteiger partial charge in [-0.1, -0.05) is 84.4 Å². The number of likely N-dealkylation sites (N-methyl/N-ethyl adjacent to an activating group) is 2. The van der Waals surface area contributed by atoms with E-state index in [1.54, 1.807) is 79.1 Å². The lowest BCUT2D eigenvalue weighted by atomic mass is 10.1. The van der Waals surface area contributed by atoms with Crippen molar-refractivity contribution in [2.75, 3.05) is 67.9 Å². The van der Waals surface area contributed by atoms with Gasteiger partial charge in [0.1, 0.15) is 0 Å². The number of rotatable bonds is 19. The molecule has 19 heteroatoms. The number of amides is 4. The van der Waals surface area contributed by atoms with Crippen molar-refractivity contribution in [3.8, 4) is 22.5 Å². The molecule has 4 aromatic heterocycles. The molecule has 0 saturated heterocycles. The van der Waals surface area contributed by atoms with E-state index in [9.17, 15) is 19.2 Å². The predicted octanol–water partition coefficient (Wildman–Crippen LogP) is 11.7. The highest BCUT2D eigenvalue weighted by molar-refractivity contribution is 6.33. The summed E-state index contributed by atoms with van der Waals surface area (Å²) in [5, 5.41) is 20.4. The Balaban J connectivity index is 0.000000198. The summed E-state index contributed by atoms with van der Waals surface area (Å²) in [4.78, 5) is 78.2. The van der Waals surface area contributed by atoms with Crippen LogP contribution in [-0.2, 0) is 16.1 Å². The minimum absolute atomic E-state index is 0.162. The third-order valence-electron chi connectivity index (χ3n) is 12.4. The van der Waals surface area contributed by atoms with Crippen molar-refractivity contribution in [1.82, 2.24) is 45.0 Å². The third kappa shape index (κ3) is 15.5. The van der Waals surface area contributed by atoms with E-state index < -0.39 is 0 Å². The van der Waals surface area contributed by atoms with Crippen LogP contribution >= 0.6 is 11.6 Å². The fourth-order valence-corrected chi connectivity index (χ4v) is 8.60. The molecule has 4 heterocycles. The number of halogens is 1. The third-order valence-corrected chi connectivity index (χ3v) is 12.7. The van der Waals surface area contributed by atoms with E-state index in [0.717, 1.165) is 49.9 Å². The zero-order valence-electron chi connectivity index (χ0n) is 45.4. The van der Waals surface area contributed by atoms with Gasteiger partial charge in [-0.25, -0.2) is 19.9 Å². The molecule has 0 saturated carbocycles. The molecule has 0 spiro atoms. The van der Waals surface area contributed by atoms with Gasteiger partial charge in [0.25, 0.3) is 11.8 Å². The number of benzene rings is 6. The summed E-state index contributed by atoms with van der Waals surface area (Å²) in [6.07, 6.45) is 13.7. The van der Waals surface area contributed by atoms with Crippen molar-refractivity contribution < 1.29 is 19.2 Å². The van der Waals surface area contributed by atoms with Crippen molar-refractivity contribution in [3.05, 3.63) is 222 Å². The van der Waals surface area contributed by atoms with E-state index in [1.165, 1.54) is 12.2 Å². The number of H-pyrrole nitrogens is 2. The van der Waals surface area contributed by atoms with Gasteiger partial charge in [-0.2, -0.15) is 0 Å². The highest BCUT2D eigenvalue weighted by Gasteiger charge is 2.15. The Kier molecular flexibility index (Phi) is 18.6. The molecule has 0 bridgehead atoms. The quantitative estimate of drug-likeness (QED) is 0.0354. The molecule has 0 radical (unpaired) electrons. The number of aromatic nitrogens is 6. The lowest BCUT2D eigenvalue weighted by molar-refractivity contribution is -0.116. The van der Waals surface area contributed by atoms with Crippen LogP contribution in [-0.4, -0.2) is 105 Å². The van der Waals surface area contributed by atoms with Crippen LogP contribution in [0.25, 0.3) is 44.3 Å². The molecule has 6 aromatic carbocycles. The van der Waals surface area contributed by atoms with Crippen molar-refractivity contribution in [3.63, 3.8) is 0 Å². The highest BCUT2D eigenvalue weighted by Crippen LogP contribution is 2.33. The lowest BCUT2D eigenvalue weighted by Crippen LogP contribution is -2.21. The van der Waals surface area contributed by atoms with Crippen molar-refractivity contribution in [1.29, 1.82) is 0 Å². The van der Waals surface area contributed by atoms with E-state index in [4.69, 9.17) is 11.6 Å². The Morgan fingerprint density at radius 1 is 0.537 bits per heavy atom. The summed E-state index contributed by atoms with van der Waals surface area (Å²) in [6.45, 7) is 1.74. The number of para-hydroxylation sites is 2. The summed E-state index contributed by atoms with van der Waals surface area (Å²) in [7, 11) is 7.73. The smallest absolute Gasteiger partial charge is 0.255 e. The number of carbonyl (C=O) groups excluding carboxylic acids is 4. The molecule has 18 nitrogen and oxygen atoms in total. The van der Waals surface area contributed by atoms with Crippen LogP contribution in [0.3, 0.4) is 0 Å². The second kappa shape index (κ2) is 27.1. The Morgan fingerprint density at radius 2 is 1.06 bits per heavy atom. The van der Waals surface area contributed by atoms with E-state index >= 15 is 0 Å². The van der Waals surface area contributed by atoms with Gasteiger partial charge in [0.2, 0.25) is 23.7 Å². The van der Waals surface area contributed by atoms with E-state index in [0.29, 0.717) is 76.1 Å². The van der Waals surface area contributed by atoms with Crippen LogP contribution in [0.15, 0.2) is 201 Å². The highest BCUT2D eigenvalue weighted by atomic mass is 35.5. The number of carbonyl (C=O) groups is 4. The molecule has 8 N–H and O–H groups in total. The fraction of sp³-hybridized carbons (Fsp3) is 0.111. The minimum Gasteiger partial charge on any atom is -0.360 e. The summed E-state index contributed by atoms with van der Waals surface area (Å²) in [5.41, 5.74) is 10.4. The maximum absolute atomic E-state index is 12.9. The van der Waals surface area contributed by atoms with Crippen molar-refractivity contribution >= 4 is 97.4 Å². The molecule has 82 heavy (non-hydrogen) atoms. The van der Waals surface area contributed by atoms with Gasteiger partial charge in [0.05, 0.1) is 22.6 Å². The van der Waals surface area contributed by atoms with E-state index in [-0.39, 0.29) is 23.6 Å². The maximum Gasteiger partial charge on any atom is 0.255 e. The van der Waals surface area contributed by atoms with Gasteiger partial charge in [-0.05, 0) is 125 Å². The van der Waals surface area contributed by atoms with Gasteiger partial charge in [0.15, 0.2) is 0 Å². The zero-order valence-corrected chi connectivity index (χ0v) is 46.1. The Bertz CT molecular complexity index is 3930. The monoisotopic (exact) mass is 1110 g/mol. The van der Waals surface area contributed by atoms with Gasteiger partial charge < -0.3 is 51.7 Å². The number of hydrogen-bond acceptors (Lipinski definition) is 12. The zero-order chi connectivity index (χ0) is 57.4. The summed E-state index contributed by atoms with van der Waals surface area (Å²) < 4.78 is 0. The van der Waals surface area contributed by atoms with Crippen LogP contribution in [0.4, 0.5) is 40.3 Å². The number of hydrogen-bond donors (Lipinski definition) is 8. The minimum atomic E-state index is -0.265. The Morgan fingerprint density at radius 3 is 1.66 bits per heavy atom. The maximum atomic E-state index is 12.9. The first-order valence-electron chi connectivity index (χ1n) is 26.1. The first kappa shape index (κ1) is 56.5. The topological polar surface area (TPSA) is 230 Å². The largest absolute Gasteiger partial charge is 0.360 e. The van der Waals surface area contributed by atoms with E-state index in [2.05, 4.69) is 67.9 Å². The summed E-state index contributed by atoms with van der Waals surface area (Å²) in [6, 6.07) is 46.3. The fourth-order valence-electron chi connectivity index (χ4n) is 8.40. The van der Waals surface area contributed by atoms with Crippen LogP contribution in [0, 0.1) is 0 Å². The Hall–Kier alpha value is -10.3. The van der Waals surface area contributed by atoms with Crippen LogP contribution < -0.4 is 31.9 Å². The Labute approximate surface area is 478 Å². The van der Waals surface area contributed by atoms with Gasteiger partial charge in [0, 0.05) is 123 Å². The molecule has 0 fully saturated rings. The van der Waals surface area contributed by atoms with Gasteiger partial charge >= 0.3 is 0 Å². The molecule has 412 valence electrons. The number of fused-ring (bicyclic) bond motifs is 2. The average Bonchev–Trinajstić information content (AvgIpc) is 4.34. The first-order valence-corrected chi connectivity index (χ1v) is 26.4. The predicted molar refractivity (Wildman–Crippen MR) is 328 cm³/mol. The number of nitrogens with zero attached hydrogens (tertiary/aromatic N) is 6. The second-order valence-corrected chi connectivity index (χ2v) is 19.7. The average molecular weight is 1110 g/mol. The van der Waals surface area contributed by atoms with Gasteiger partial charge in [-0.3, -0.25) is 19.2 Å². The first-order chi connectivity index (χ1) is 39.8. The number of nitrogens with one attached hydrogen (secondary N) is 8. The summed E-state index contributed by atoms with van der Waals surface area (Å²) in [5.74, 6) is -0.0821. The molecular weight excluding hydrogens is 1050 g/mol. The van der Waals surface area contributed by atoms with Gasteiger partial charge in [-0.15, -0.1) is 0 Å². The lowest BCUT2D eigenvalue weighted by Gasteiger charge is -2.10. The van der Waals surface area contributed by atoms with Crippen LogP contribution in [0.5, 0.6) is 0 Å². The molecular formula is C63H59ClN14O4. The number of aromatic amines is 2. The molecule has 4 amide bonds. The molecule has 0 atom stereocenters. The molecule has 0 aliphatic heterocycles. The van der Waals surface area contributed by atoms with Crippen molar-refractivity contribution in [2.45, 2.75) is 6.54 Å². The number of anilines is 7. The van der Waals surface area contributed by atoms with E-state index in [1.807, 2.05) is 141 Å². The van der Waals surface area contributed by atoms with Crippen LogP contribution in [0.2, 0.25) is 5.02 Å². The second-order valence-electron chi connectivity index (χ2n) is 19.3. The van der Waals surface area contributed by atoms with Crippen LogP contribution in [0.1, 0.15) is 26.3 Å². The molecule has 10 aromatic rings. The standard InChI is InChI=1S/C32H30ClN7O2.C31H29N7O2/c1-40(2)16-6-11-29(41)35-18-21-12-14-22(15-13-21)31(42)37-23-7-5-8-24(17-23)38-32-36-20-27(33)30(39-32)26-19-34-28-10-4-3-9-25(26)28;1-38(2)18-6-11-29(39)34-22-14-12-21(13-15-22)30(40)35-23-7-5-8-24(19-23)36-31-32-17-16-28(37-31)26-20-33-27-10-4-3-9-25(26)27/h3-15,17,19-20,34H,16,18H2,1-2H3,(H,35,41)(H,37,42)(H,36,38,39);3-17,19-20,33H,18H2,1-2H3,(H,34,39)(H,35,40)(H,32,36,37)/b2*11-6+. The summed E-state index contributed by atoms with van der Waals surface area (Å²) >= 11 is 6.46. The molecule has 0 unspecified atom stereocenters. The SMILES string of the molecule is CN(C)C/C=C/C(=O)NCc1ccc(C(=O)Nc2cccc(Nc3ncc(Cl)c(-c4c[nH]c5ccccc45)n3)c2)cc1.CN(C)C/C=C/C(=O)Nc1ccc(C(=O)Nc2cccc(Nc3nccc(-c4c[nH]c5ccccc45)n3)c2)cc1. The molecule has 0 aliphatic carbocycles. The van der Waals surface area contributed by atoms with Crippen molar-refractivity contribution in [2.24, 2.45) is 0 Å². The molecule has 0 aliphatic rings.